The van der Waals surface area contributed by atoms with Crippen LogP contribution in [0.3, 0.4) is 0 Å². The zero-order chi connectivity index (χ0) is 23.5. The third-order valence-electron chi connectivity index (χ3n) is 6.62. The highest BCUT2D eigenvalue weighted by molar-refractivity contribution is 5.94. The molecule has 0 bridgehead atoms. The fourth-order valence-corrected chi connectivity index (χ4v) is 4.83. The standard InChI is InChI=1S/C25H28F2N2O4/c1-32-22-8-5-17(14-23(22)33-2)21-4-3-11-29(21)24(30)16-9-12-28(13-10-16)25(31)19-7-6-18(26)15-20(19)27/h5-8,14-16,21H,3-4,9-13H2,1-2H3/t21-/m0/s1. The van der Waals surface area contributed by atoms with Crippen molar-refractivity contribution >= 4 is 11.8 Å². The summed E-state index contributed by atoms with van der Waals surface area (Å²) in [6, 6.07) is 8.68. The van der Waals surface area contributed by atoms with Crippen LogP contribution in [0.25, 0.3) is 0 Å². The third-order valence-corrected chi connectivity index (χ3v) is 6.62. The Labute approximate surface area is 192 Å². The maximum Gasteiger partial charge on any atom is 0.256 e. The van der Waals surface area contributed by atoms with Crippen LogP contribution in [-0.2, 0) is 4.79 Å². The van der Waals surface area contributed by atoms with Crippen LogP contribution in [0.5, 0.6) is 11.5 Å². The van der Waals surface area contributed by atoms with Crippen molar-refractivity contribution in [3.8, 4) is 11.5 Å². The van der Waals surface area contributed by atoms with Gasteiger partial charge in [-0.05, 0) is 55.5 Å². The first kappa shape index (κ1) is 23.0. The number of likely N-dealkylation sites (tertiary alicyclic amines) is 2. The quantitative estimate of drug-likeness (QED) is 0.674. The number of nitrogens with zero attached hydrogens (tertiary/aromatic N) is 2. The van der Waals surface area contributed by atoms with Gasteiger partial charge in [-0.1, -0.05) is 6.07 Å². The molecule has 2 amide bonds. The van der Waals surface area contributed by atoms with Gasteiger partial charge in [-0.3, -0.25) is 9.59 Å². The van der Waals surface area contributed by atoms with Gasteiger partial charge >= 0.3 is 0 Å². The van der Waals surface area contributed by atoms with Gasteiger partial charge in [-0.2, -0.15) is 0 Å². The van der Waals surface area contributed by atoms with Gasteiger partial charge in [-0.25, -0.2) is 8.78 Å². The van der Waals surface area contributed by atoms with Crippen molar-refractivity contribution in [3.63, 3.8) is 0 Å². The number of hydrogen-bond acceptors (Lipinski definition) is 4. The topological polar surface area (TPSA) is 59.1 Å². The fraction of sp³-hybridized carbons (Fsp3) is 0.440. The third kappa shape index (κ3) is 4.65. The molecule has 0 unspecified atom stereocenters. The Morgan fingerprint density at radius 2 is 1.64 bits per heavy atom. The highest BCUT2D eigenvalue weighted by Crippen LogP contribution is 2.38. The summed E-state index contributed by atoms with van der Waals surface area (Å²) in [5.74, 6) is -0.875. The molecule has 1 atom stereocenters. The fourth-order valence-electron chi connectivity index (χ4n) is 4.83. The molecule has 33 heavy (non-hydrogen) atoms. The molecule has 2 heterocycles. The summed E-state index contributed by atoms with van der Waals surface area (Å²) >= 11 is 0. The molecule has 2 fully saturated rings. The molecular formula is C25H28F2N2O4. The van der Waals surface area contributed by atoms with E-state index in [4.69, 9.17) is 9.47 Å². The molecular weight excluding hydrogens is 430 g/mol. The Bertz CT molecular complexity index is 1040. The number of halogens is 2. The van der Waals surface area contributed by atoms with Crippen LogP contribution in [0.1, 0.15) is 47.6 Å². The predicted molar refractivity (Wildman–Crippen MR) is 118 cm³/mol. The molecule has 6 nitrogen and oxygen atoms in total. The molecule has 4 rings (SSSR count). The molecule has 0 saturated carbocycles. The molecule has 2 aromatic rings. The maximum absolute atomic E-state index is 14.0. The van der Waals surface area contributed by atoms with Gasteiger partial charge in [0, 0.05) is 31.6 Å². The molecule has 0 spiro atoms. The number of hydrogen-bond donors (Lipinski definition) is 0. The smallest absolute Gasteiger partial charge is 0.256 e. The van der Waals surface area contributed by atoms with Crippen molar-refractivity contribution < 1.29 is 27.8 Å². The molecule has 2 aliphatic heterocycles. The average Bonchev–Trinajstić information content (AvgIpc) is 3.33. The number of amides is 2. The predicted octanol–water partition coefficient (Wildman–Crippen LogP) is 4.20. The van der Waals surface area contributed by atoms with Crippen LogP contribution < -0.4 is 9.47 Å². The van der Waals surface area contributed by atoms with Crippen molar-refractivity contribution in [1.29, 1.82) is 0 Å². The Kier molecular flexibility index (Phi) is 6.81. The number of benzene rings is 2. The first-order chi connectivity index (χ1) is 15.9. The summed E-state index contributed by atoms with van der Waals surface area (Å²) in [5, 5.41) is 0. The first-order valence-corrected chi connectivity index (χ1v) is 11.2. The summed E-state index contributed by atoms with van der Waals surface area (Å²) < 4.78 is 37.9. The molecule has 2 aliphatic rings. The minimum Gasteiger partial charge on any atom is -0.493 e. The van der Waals surface area contributed by atoms with Gasteiger partial charge in [0.15, 0.2) is 11.5 Å². The van der Waals surface area contributed by atoms with E-state index < -0.39 is 17.5 Å². The zero-order valence-electron chi connectivity index (χ0n) is 18.9. The van der Waals surface area contributed by atoms with Crippen molar-refractivity contribution in [1.82, 2.24) is 9.80 Å². The van der Waals surface area contributed by atoms with Gasteiger partial charge in [0.05, 0.1) is 25.8 Å². The first-order valence-electron chi connectivity index (χ1n) is 11.2. The van der Waals surface area contributed by atoms with Crippen LogP contribution in [-0.4, -0.2) is 55.5 Å². The number of methoxy groups -OCH3 is 2. The van der Waals surface area contributed by atoms with E-state index in [0.717, 1.165) is 24.5 Å². The number of carbonyl (C=O) groups excluding carboxylic acids is 2. The lowest BCUT2D eigenvalue weighted by molar-refractivity contribution is -0.137. The van der Waals surface area contributed by atoms with Crippen LogP contribution in [0.2, 0.25) is 0 Å². The van der Waals surface area contributed by atoms with Crippen molar-refractivity contribution in [2.45, 2.75) is 31.7 Å². The molecule has 0 aromatic heterocycles. The molecule has 0 radical (unpaired) electrons. The number of piperidine rings is 1. The summed E-state index contributed by atoms with van der Waals surface area (Å²) in [7, 11) is 3.18. The summed E-state index contributed by atoms with van der Waals surface area (Å²) in [6.07, 6.45) is 2.83. The minimum absolute atomic E-state index is 0.0229. The second-order valence-corrected chi connectivity index (χ2v) is 8.49. The second kappa shape index (κ2) is 9.77. The largest absolute Gasteiger partial charge is 0.493 e. The van der Waals surface area contributed by atoms with Crippen molar-refractivity contribution in [2.75, 3.05) is 33.9 Å². The van der Waals surface area contributed by atoms with Gasteiger partial charge in [-0.15, -0.1) is 0 Å². The Morgan fingerprint density at radius 3 is 2.30 bits per heavy atom. The van der Waals surface area contributed by atoms with Crippen LogP contribution in [0.4, 0.5) is 8.78 Å². The van der Waals surface area contributed by atoms with E-state index in [9.17, 15) is 18.4 Å². The monoisotopic (exact) mass is 458 g/mol. The van der Waals surface area contributed by atoms with Crippen molar-refractivity contribution in [2.24, 2.45) is 5.92 Å². The minimum atomic E-state index is -0.868. The van der Waals surface area contributed by atoms with E-state index in [1.807, 2.05) is 23.1 Å². The number of rotatable bonds is 5. The maximum atomic E-state index is 14.0. The van der Waals surface area contributed by atoms with E-state index in [0.29, 0.717) is 50.0 Å². The molecule has 8 heteroatoms. The van der Waals surface area contributed by atoms with E-state index in [2.05, 4.69) is 0 Å². The SMILES string of the molecule is COc1ccc([C@@H]2CCCN2C(=O)C2CCN(C(=O)c3ccc(F)cc3F)CC2)cc1OC. The molecule has 0 N–H and O–H groups in total. The van der Waals surface area contributed by atoms with Gasteiger partial charge < -0.3 is 19.3 Å². The van der Waals surface area contributed by atoms with Gasteiger partial charge in [0.25, 0.3) is 5.91 Å². The lowest BCUT2D eigenvalue weighted by Crippen LogP contribution is -2.44. The molecule has 2 aromatic carbocycles. The van der Waals surface area contributed by atoms with Gasteiger partial charge in [0.1, 0.15) is 11.6 Å². The van der Waals surface area contributed by atoms with Gasteiger partial charge in [0.2, 0.25) is 5.91 Å². The molecule has 0 aliphatic carbocycles. The average molecular weight is 459 g/mol. The van der Waals surface area contributed by atoms with Crippen LogP contribution >= 0.6 is 0 Å². The molecule has 176 valence electrons. The van der Waals surface area contributed by atoms with E-state index in [-0.39, 0.29) is 23.4 Å². The summed E-state index contributed by atoms with van der Waals surface area (Å²) in [6.45, 7) is 1.42. The highest BCUT2D eigenvalue weighted by atomic mass is 19.1. The Hall–Kier alpha value is -3.16. The highest BCUT2D eigenvalue weighted by Gasteiger charge is 2.36. The van der Waals surface area contributed by atoms with Crippen LogP contribution in [0, 0.1) is 17.6 Å². The lowest BCUT2D eigenvalue weighted by Gasteiger charge is -2.35. The van der Waals surface area contributed by atoms with Crippen molar-refractivity contribution in [3.05, 3.63) is 59.2 Å². The summed E-state index contributed by atoms with van der Waals surface area (Å²) in [5.41, 5.74) is 0.868. The van der Waals surface area contributed by atoms with E-state index in [1.54, 1.807) is 14.2 Å². The van der Waals surface area contributed by atoms with E-state index in [1.165, 1.54) is 11.0 Å². The zero-order valence-corrected chi connectivity index (χ0v) is 18.9. The summed E-state index contributed by atoms with van der Waals surface area (Å²) in [4.78, 5) is 29.5. The Morgan fingerprint density at radius 1 is 0.909 bits per heavy atom. The lowest BCUT2D eigenvalue weighted by atomic mass is 9.93. The number of ether oxygens (including phenoxy) is 2. The Balaban J connectivity index is 1.41. The number of carbonyl (C=O) groups is 2. The van der Waals surface area contributed by atoms with Crippen LogP contribution in [0.15, 0.2) is 36.4 Å². The van der Waals surface area contributed by atoms with E-state index >= 15 is 0 Å². The molecule has 2 saturated heterocycles. The normalized spacial score (nSPS) is 19.0. The second-order valence-electron chi connectivity index (χ2n) is 8.49.